The van der Waals surface area contributed by atoms with Crippen molar-refractivity contribution >= 4 is 5.97 Å². The highest BCUT2D eigenvalue weighted by molar-refractivity contribution is 5.87. The molecule has 0 spiro atoms. The monoisotopic (exact) mass is 306 g/mol. The van der Waals surface area contributed by atoms with E-state index in [0.717, 1.165) is 11.3 Å². The topological polar surface area (TPSA) is 82.2 Å². The first-order chi connectivity index (χ1) is 10.3. The number of esters is 1. The number of aryl methyl sites for hydroxylation is 2. The van der Waals surface area contributed by atoms with Gasteiger partial charge in [0.15, 0.2) is 11.5 Å². The predicted molar refractivity (Wildman–Crippen MR) is 80.2 cm³/mol. The fraction of sp³-hybridized carbons (Fsp3) is 0.533. The van der Waals surface area contributed by atoms with Gasteiger partial charge < -0.3 is 14.6 Å². The van der Waals surface area contributed by atoms with E-state index >= 15 is 0 Å². The van der Waals surface area contributed by atoms with Gasteiger partial charge >= 0.3 is 5.97 Å². The number of carbonyl (C=O) groups excluding carboxylic acids is 1. The normalized spacial score (nSPS) is 11.7. The van der Waals surface area contributed by atoms with Crippen LogP contribution in [0.2, 0.25) is 0 Å². The summed E-state index contributed by atoms with van der Waals surface area (Å²) in [5.41, 5.74) is 1.86. The van der Waals surface area contributed by atoms with Crippen molar-refractivity contribution in [3.8, 4) is 0 Å². The number of nitrogens with zero attached hydrogens (tertiary/aromatic N) is 3. The van der Waals surface area contributed by atoms with E-state index in [1.807, 2.05) is 45.6 Å². The number of carbonyl (C=O) groups is 1. The van der Waals surface area contributed by atoms with Gasteiger partial charge in [-0.2, -0.15) is 5.10 Å². The molecule has 2 heterocycles. The summed E-state index contributed by atoms with van der Waals surface area (Å²) in [5.74, 6) is 0.102. The fourth-order valence-electron chi connectivity index (χ4n) is 1.95. The number of nitrogens with one attached hydrogen (secondary N) is 1. The van der Waals surface area contributed by atoms with Crippen LogP contribution < -0.4 is 5.32 Å². The smallest absolute Gasteiger partial charge is 0.361 e. The molecule has 2 aromatic rings. The van der Waals surface area contributed by atoms with E-state index in [1.165, 1.54) is 0 Å². The fourth-order valence-corrected chi connectivity index (χ4v) is 1.95. The van der Waals surface area contributed by atoms with E-state index in [0.29, 0.717) is 18.8 Å². The minimum absolute atomic E-state index is 0.184. The van der Waals surface area contributed by atoms with Gasteiger partial charge in [-0.05, 0) is 33.3 Å². The summed E-state index contributed by atoms with van der Waals surface area (Å²) in [4.78, 5) is 11.8. The van der Waals surface area contributed by atoms with E-state index in [4.69, 9.17) is 9.26 Å². The van der Waals surface area contributed by atoms with Gasteiger partial charge in [-0.25, -0.2) is 4.79 Å². The molecule has 0 saturated carbocycles. The highest BCUT2D eigenvalue weighted by atomic mass is 16.6. The Morgan fingerprint density at radius 1 is 1.41 bits per heavy atom. The summed E-state index contributed by atoms with van der Waals surface area (Å²) in [5, 5.41) is 11.2. The zero-order chi connectivity index (χ0) is 16.3. The van der Waals surface area contributed by atoms with Gasteiger partial charge in [-0.3, -0.25) is 4.68 Å². The largest absolute Gasteiger partial charge is 0.455 e. The predicted octanol–water partition coefficient (Wildman–Crippen LogP) is 1.96. The lowest BCUT2D eigenvalue weighted by Crippen LogP contribution is -2.24. The lowest BCUT2D eigenvalue weighted by Gasteiger charge is -2.18. The van der Waals surface area contributed by atoms with Crippen LogP contribution in [-0.4, -0.2) is 26.5 Å². The van der Waals surface area contributed by atoms with Crippen LogP contribution >= 0.6 is 0 Å². The number of hydrogen-bond donors (Lipinski definition) is 1. The lowest BCUT2D eigenvalue weighted by molar-refractivity contribution is 0.00588. The molecule has 0 saturated heterocycles. The number of rotatable bonds is 5. The van der Waals surface area contributed by atoms with Crippen LogP contribution in [0.3, 0.4) is 0 Å². The molecule has 2 aromatic heterocycles. The molecule has 7 heteroatoms. The SMILES string of the molecule is Cc1cnn(C)c1CNCc1cc(C(=O)OC(C)(C)C)no1. The lowest BCUT2D eigenvalue weighted by atomic mass is 10.2. The molecule has 7 nitrogen and oxygen atoms in total. The van der Waals surface area contributed by atoms with Crippen LogP contribution in [-0.2, 0) is 24.9 Å². The molecule has 0 amide bonds. The molecule has 0 atom stereocenters. The van der Waals surface area contributed by atoms with Crippen LogP contribution in [0.5, 0.6) is 0 Å². The van der Waals surface area contributed by atoms with Gasteiger partial charge in [0.1, 0.15) is 5.60 Å². The molecule has 0 unspecified atom stereocenters. The Labute approximate surface area is 129 Å². The van der Waals surface area contributed by atoms with Gasteiger partial charge in [0.05, 0.1) is 18.4 Å². The van der Waals surface area contributed by atoms with Crippen molar-refractivity contribution in [3.63, 3.8) is 0 Å². The van der Waals surface area contributed by atoms with Crippen molar-refractivity contribution in [2.75, 3.05) is 0 Å². The molecule has 120 valence electrons. The highest BCUT2D eigenvalue weighted by Gasteiger charge is 2.21. The van der Waals surface area contributed by atoms with Crippen molar-refractivity contribution in [1.29, 1.82) is 0 Å². The maximum absolute atomic E-state index is 11.8. The van der Waals surface area contributed by atoms with Crippen molar-refractivity contribution in [3.05, 3.63) is 35.0 Å². The van der Waals surface area contributed by atoms with E-state index < -0.39 is 11.6 Å². The van der Waals surface area contributed by atoms with Crippen molar-refractivity contribution < 1.29 is 14.1 Å². The third kappa shape index (κ3) is 4.17. The van der Waals surface area contributed by atoms with Crippen molar-refractivity contribution in [2.24, 2.45) is 7.05 Å². The van der Waals surface area contributed by atoms with E-state index in [2.05, 4.69) is 15.6 Å². The van der Waals surface area contributed by atoms with Gasteiger partial charge in [0, 0.05) is 19.7 Å². The molecular weight excluding hydrogens is 284 g/mol. The van der Waals surface area contributed by atoms with Crippen LogP contribution in [0.4, 0.5) is 0 Å². The summed E-state index contributed by atoms with van der Waals surface area (Å²) in [7, 11) is 1.90. The van der Waals surface area contributed by atoms with Gasteiger partial charge in [0.2, 0.25) is 0 Å². The summed E-state index contributed by atoms with van der Waals surface area (Å²) >= 11 is 0. The Kier molecular flexibility index (Phi) is 4.65. The maximum atomic E-state index is 11.8. The molecule has 0 aromatic carbocycles. The Bertz CT molecular complexity index is 633. The standard InChI is InChI=1S/C15H22N4O3/c1-10-7-17-19(5)13(10)9-16-8-11-6-12(18-22-11)14(20)21-15(2,3)4/h6-7,16H,8-9H2,1-5H3. The molecule has 22 heavy (non-hydrogen) atoms. The zero-order valence-electron chi connectivity index (χ0n) is 13.6. The molecule has 0 bridgehead atoms. The molecule has 0 aliphatic heterocycles. The average molecular weight is 306 g/mol. The Balaban J connectivity index is 1.89. The average Bonchev–Trinajstić information content (AvgIpc) is 2.98. The first-order valence-electron chi connectivity index (χ1n) is 7.13. The van der Waals surface area contributed by atoms with Gasteiger partial charge in [-0.15, -0.1) is 0 Å². The van der Waals surface area contributed by atoms with Gasteiger partial charge in [0.25, 0.3) is 0 Å². The maximum Gasteiger partial charge on any atom is 0.361 e. The number of aromatic nitrogens is 3. The molecule has 0 fully saturated rings. The number of hydrogen-bond acceptors (Lipinski definition) is 6. The van der Waals surface area contributed by atoms with E-state index in [-0.39, 0.29) is 5.69 Å². The Hall–Kier alpha value is -2.15. The van der Waals surface area contributed by atoms with Crippen molar-refractivity contribution in [1.82, 2.24) is 20.3 Å². The second-order valence-electron chi connectivity index (χ2n) is 6.18. The molecule has 0 aliphatic rings. The first-order valence-corrected chi connectivity index (χ1v) is 7.13. The second kappa shape index (κ2) is 6.31. The third-order valence-electron chi connectivity index (χ3n) is 3.03. The van der Waals surface area contributed by atoms with Crippen LogP contribution in [0.25, 0.3) is 0 Å². The van der Waals surface area contributed by atoms with Crippen molar-refractivity contribution in [2.45, 2.75) is 46.4 Å². The number of ether oxygens (including phenoxy) is 1. The summed E-state index contributed by atoms with van der Waals surface area (Å²) < 4.78 is 12.2. The van der Waals surface area contributed by atoms with E-state index in [9.17, 15) is 4.79 Å². The van der Waals surface area contributed by atoms with Crippen LogP contribution in [0, 0.1) is 6.92 Å². The molecule has 1 N–H and O–H groups in total. The molecular formula is C15H22N4O3. The van der Waals surface area contributed by atoms with Gasteiger partial charge in [-0.1, -0.05) is 5.16 Å². The third-order valence-corrected chi connectivity index (χ3v) is 3.03. The molecule has 2 rings (SSSR count). The Morgan fingerprint density at radius 2 is 2.14 bits per heavy atom. The minimum atomic E-state index is -0.550. The molecule has 0 radical (unpaired) electrons. The van der Waals surface area contributed by atoms with E-state index in [1.54, 1.807) is 6.07 Å². The molecule has 0 aliphatic carbocycles. The highest BCUT2D eigenvalue weighted by Crippen LogP contribution is 2.12. The summed E-state index contributed by atoms with van der Waals surface area (Å²) in [6.45, 7) is 8.57. The first kappa shape index (κ1) is 16.2. The summed E-state index contributed by atoms with van der Waals surface area (Å²) in [6, 6.07) is 1.59. The minimum Gasteiger partial charge on any atom is -0.455 e. The quantitative estimate of drug-likeness (QED) is 0.850. The van der Waals surface area contributed by atoms with Crippen LogP contribution in [0.15, 0.2) is 16.8 Å². The second-order valence-corrected chi connectivity index (χ2v) is 6.18. The summed E-state index contributed by atoms with van der Waals surface area (Å²) in [6.07, 6.45) is 1.83. The zero-order valence-corrected chi connectivity index (χ0v) is 13.6. The Morgan fingerprint density at radius 3 is 2.73 bits per heavy atom. The van der Waals surface area contributed by atoms with Crippen LogP contribution in [0.1, 0.15) is 48.3 Å².